The Bertz CT molecular complexity index is 356. The molecule has 4 heteroatoms. The van der Waals surface area contributed by atoms with Crippen LogP contribution in [-0.2, 0) is 0 Å². The number of hydrogen-bond acceptors (Lipinski definition) is 3. The summed E-state index contributed by atoms with van der Waals surface area (Å²) in [7, 11) is 0. The van der Waals surface area contributed by atoms with Crippen LogP contribution < -0.4 is 11.1 Å². The van der Waals surface area contributed by atoms with Crippen LogP contribution in [0.5, 0.6) is 0 Å². The zero-order chi connectivity index (χ0) is 12.1. The molecule has 1 aromatic rings. The Morgan fingerprint density at radius 2 is 2.12 bits per heavy atom. The van der Waals surface area contributed by atoms with Gasteiger partial charge in [-0.1, -0.05) is 12.8 Å². The highest BCUT2D eigenvalue weighted by molar-refractivity contribution is 9.10. The first-order valence-corrected chi connectivity index (χ1v) is 7.14. The van der Waals surface area contributed by atoms with Crippen LogP contribution in [0.15, 0.2) is 22.9 Å². The fourth-order valence-corrected chi connectivity index (χ4v) is 3.01. The second kappa shape index (κ2) is 6.36. The van der Waals surface area contributed by atoms with E-state index in [4.69, 9.17) is 5.73 Å². The molecule has 0 aliphatic heterocycles. The van der Waals surface area contributed by atoms with Crippen molar-refractivity contribution in [2.45, 2.75) is 25.7 Å². The van der Waals surface area contributed by atoms with E-state index < -0.39 is 0 Å². The van der Waals surface area contributed by atoms with Crippen LogP contribution in [-0.4, -0.2) is 18.1 Å². The molecule has 0 aromatic carbocycles. The molecule has 2 atom stereocenters. The first kappa shape index (κ1) is 12.8. The molecule has 1 heterocycles. The fraction of sp³-hybridized carbons (Fsp3) is 0.615. The van der Waals surface area contributed by atoms with Gasteiger partial charge in [0.2, 0.25) is 0 Å². The molecule has 1 saturated carbocycles. The lowest BCUT2D eigenvalue weighted by Crippen LogP contribution is -2.31. The Morgan fingerprint density at radius 1 is 1.35 bits per heavy atom. The van der Waals surface area contributed by atoms with Gasteiger partial charge in [-0.05, 0) is 53.2 Å². The molecular weight excluding hydrogens is 278 g/mol. The zero-order valence-corrected chi connectivity index (χ0v) is 11.6. The summed E-state index contributed by atoms with van der Waals surface area (Å²) >= 11 is 3.50. The van der Waals surface area contributed by atoms with Gasteiger partial charge in [0.1, 0.15) is 0 Å². The van der Waals surface area contributed by atoms with Crippen molar-refractivity contribution in [3.63, 3.8) is 0 Å². The van der Waals surface area contributed by atoms with E-state index >= 15 is 0 Å². The summed E-state index contributed by atoms with van der Waals surface area (Å²) in [5, 5.41) is 3.50. The van der Waals surface area contributed by atoms with Crippen LogP contribution in [0, 0.1) is 11.8 Å². The summed E-state index contributed by atoms with van der Waals surface area (Å²) in [5.74, 6) is 1.41. The lowest BCUT2D eigenvalue weighted by atomic mass is 9.79. The van der Waals surface area contributed by atoms with Crippen molar-refractivity contribution in [3.05, 3.63) is 22.9 Å². The van der Waals surface area contributed by atoms with Gasteiger partial charge in [0.25, 0.3) is 0 Å². The molecule has 1 aliphatic rings. The van der Waals surface area contributed by atoms with E-state index in [0.29, 0.717) is 11.8 Å². The van der Waals surface area contributed by atoms with Gasteiger partial charge in [0.05, 0.1) is 10.2 Å². The second-order valence-corrected chi connectivity index (χ2v) is 5.63. The minimum absolute atomic E-state index is 0.692. The third-order valence-corrected chi connectivity index (χ3v) is 4.33. The highest BCUT2D eigenvalue weighted by Gasteiger charge is 2.23. The molecule has 0 saturated heterocycles. The Balaban J connectivity index is 1.90. The van der Waals surface area contributed by atoms with Crippen LogP contribution >= 0.6 is 15.9 Å². The van der Waals surface area contributed by atoms with E-state index in [0.717, 1.165) is 23.2 Å². The number of nitrogens with one attached hydrogen (secondary N) is 1. The van der Waals surface area contributed by atoms with Crippen molar-refractivity contribution in [2.75, 3.05) is 18.4 Å². The number of pyridine rings is 1. The summed E-state index contributed by atoms with van der Waals surface area (Å²) in [6.07, 6.45) is 8.92. The lowest BCUT2D eigenvalue weighted by molar-refractivity contribution is 0.255. The topological polar surface area (TPSA) is 50.9 Å². The number of halogens is 1. The summed E-state index contributed by atoms with van der Waals surface area (Å²) in [6, 6.07) is 2.00. The molecule has 0 amide bonds. The Kier molecular flexibility index (Phi) is 4.80. The van der Waals surface area contributed by atoms with Crippen LogP contribution in [0.1, 0.15) is 25.7 Å². The molecule has 0 spiro atoms. The van der Waals surface area contributed by atoms with E-state index in [1.165, 1.54) is 25.7 Å². The summed E-state index contributed by atoms with van der Waals surface area (Å²) in [4.78, 5) is 4.06. The van der Waals surface area contributed by atoms with Crippen molar-refractivity contribution < 1.29 is 0 Å². The summed E-state index contributed by atoms with van der Waals surface area (Å²) < 4.78 is 1.03. The highest BCUT2D eigenvalue weighted by Crippen LogP contribution is 2.30. The third kappa shape index (κ3) is 3.42. The van der Waals surface area contributed by atoms with E-state index in [1.54, 1.807) is 0 Å². The molecule has 1 aromatic heterocycles. The Morgan fingerprint density at radius 3 is 2.82 bits per heavy atom. The lowest BCUT2D eigenvalue weighted by Gasteiger charge is -2.31. The predicted molar refractivity (Wildman–Crippen MR) is 74.9 cm³/mol. The molecule has 0 bridgehead atoms. The molecule has 1 fully saturated rings. The van der Waals surface area contributed by atoms with E-state index in [1.807, 2.05) is 18.5 Å². The van der Waals surface area contributed by atoms with Crippen LogP contribution in [0.4, 0.5) is 5.69 Å². The average Bonchev–Trinajstić information content (AvgIpc) is 2.38. The largest absolute Gasteiger partial charge is 0.384 e. The van der Waals surface area contributed by atoms with E-state index in [-0.39, 0.29) is 0 Å². The van der Waals surface area contributed by atoms with Crippen LogP contribution in [0.2, 0.25) is 0 Å². The Hall–Kier alpha value is -0.610. The van der Waals surface area contributed by atoms with Crippen LogP contribution in [0.25, 0.3) is 0 Å². The van der Waals surface area contributed by atoms with Gasteiger partial charge in [0.15, 0.2) is 0 Å². The predicted octanol–water partition coefficient (Wildman–Crippen LogP) is 3.02. The average molecular weight is 298 g/mol. The first-order chi connectivity index (χ1) is 8.31. The molecule has 3 nitrogen and oxygen atoms in total. The van der Waals surface area contributed by atoms with Gasteiger partial charge in [0, 0.05) is 18.9 Å². The minimum atomic E-state index is 0.692. The van der Waals surface area contributed by atoms with Crippen LogP contribution in [0.3, 0.4) is 0 Å². The third-order valence-electron chi connectivity index (χ3n) is 3.70. The van der Waals surface area contributed by atoms with Crippen molar-refractivity contribution in [1.29, 1.82) is 0 Å². The summed E-state index contributed by atoms with van der Waals surface area (Å²) in [6.45, 7) is 1.84. The molecule has 3 N–H and O–H groups in total. The number of anilines is 1. The van der Waals surface area contributed by atoms with Crippen molar-refractivity contribution in [2.24, 2.45) is 17.6 Å². The monoisotopic (exact) mass is 297 g/mol. The zero-order valence-electron chi connectivity index (χ0n) is 10.0. The maximum absolute atomic E-state index is 5.85. The van der Waals surface area contributed by atoms with Crippen molar-refractivity contribution >= 4 is 21.6 Å². The highest BCUT2D eigenvalue weighted by atomic mass is 79.9. The molecular formula is C13H20BrN3. The van der Waals surface area contributed by atoms with E-state index in [2.05, 4.69) is 26.2 Å². The second-order valence-electron chi connectivity index (χ2n) is 4.78. The number of nitrogens with zero attached hydrogens (tertiary/aromatic N) is 1. The fourth-order valence-electron chi connectivity index (χ4n) is 2.62. The van der Waals surface area contributed by atoms with Gasteiger partial charge in [-0.25, -0.2) is 0 Å². The van der Waals surface area contributed by atoms with Gasteiger partial charge in [-0.2, -0.15) is 0 Å². The molecule has 17 heavy (non-hydrogen) atoms. The molecule has 2 unspecified atom stereocenters. The minimum Gasteiger partial charge on any atom is -0.384 e. The first-order valence-electron chi connectivity index (χ1n) is 6.34. The maximum Gasteiger partial charge on any atom is 0.0590 e. The summed E-state index contributed by atoms with van der Waals surface area (Å²) in [5.41, 5.74) is 6.97. The number of rotatable bonds is 4. The standard InChI is InChI=1S/C13H20BrN3/c14-12-9-16-6-5-13(12)17-8-11-4-2-1-3-10(11)7-15/h5-6,9-11H,1-4,7-8,15H2,(H,16,17). The van der Waals surface area contributed by atoms with Gasteiger partial charge >= 0.3 is 0 Å². The molecule has 0 radical (unpaired) electrons. The smallest absolute Gasteiger partial charge is 0.0590 e. The molecule has 94 valence electrons. The number of aromatic nitrogens is 1. The Labute approximate surface area is 111 Å². The quantitative estimate of drug-likeness (QED) is 0.898. The maximum atomic E-state index is 5.85. The number of hydrogen-bond donors (Lipinski definition) is 2. The van der Waals surface area contributed by atoms with Gasteiger partial charge in [-0.3, -0.25) is 4.98 Å². The normalized spacial score (nSPS) is 24.6. The molecule has 1 aliphatic carbocycles. The number of nitrogens with two attached hydrogens (primary N) is 1. The molecule has 2 rings (SSSR count). The van der Waals surface area contributed by atoms with Crippen molar-refractivity contribution in [1.82, 2.24) is 4.98 Å². The SMILES string of the molecule is NCC1CCCCC1CNc1ccncc1Br. The van der Waals surface area contributed by atoms with Crippen molar-refractivity contribution in [3.8, 4) is 0 Å². The van der Waals surface area contributed by atoms with Gasteiger partial charge < -0.3 is 11.1 Å². The van der Waals surface area contributed by atoms with Gasteiger partial charge in [-0.15, -0.1) is 0 Å². The van der Waals surface area contributed by atoms with E-state index in [9.17, 15) is 0 Å².